The Morgan fingerprint density at radius 2 is 1.69 bits per heavy atom. The van der Waals surface area contributed by atoms with Gasteiger partial charge in [0.1, 0.15) is 0 Å². The molecule has 0 spiro atoms. The van der Waals surface area contributed by atoms with Crippen molar-refractivity contribution in [3.8, 4) is 0 Å². The van der Waals surface area contributed by atoms with E-state index in [2.05, 4.69) is 0 Å². The van der Waals surface area contributed by atoms with Gasteiger partial charge in [0.05, 0.1) is 23.6 Å². The van der Waals surface area contributed by atoms with Crippen LogP contribution in [0.4, 0.5) is 13.2 Å². The molecule has 1 aromatic carbocycles. The molecule has 3 rings (SSSR count). The normalized spacial score (nSPS) is 22.3. The van der Waals surface area contributed by atoms with Gasteiger partial charge in [-0.3, -0.25) is 9.69 Å². The first-order chi connectivity index (χ1) is 13.5. The number of halogens is 3. The van der Waals surface area contributed by atoms with Gasteiger partial charge in [0, 0.05) is 18.6 Å². The van der Waals surface area contributed by atoms with Gasteiger partial charge in [-0.15, -0.1) is 0 Å². The van der Waals surface area contributed by atoms with Crippen LogP contribution in [0.5, 0.6) is 0 Å². The number of nitrogens with zero attached hydrogens (tertiary/aromatic N) is 2. The molecule has 1 atom stereocenters. The number of amides is 1. The highest BCUT2D eigenvalue weighted by Crippen LogP contribution is 2.30. The van der Waals surface area contributed by atoms with Gasteiger partial charge in [0.2, 0.25) is 5.91 Å². The second-order valence-corrected chi connectivity index (χ2v) is 10.4. The van der Waals surface area contributed by atoms with Crippen molar-refractivity contribution in [1.82, 2.24) is 9.80 Å². The molecule has 1 heterocycles. The van der Waals surface area contributed by atoms with E-state index in [0.29, 0.717) is 18.5 Å². The summed E-state index contributed by atoms with van der Waals surface area (Å²) < 4.78 is 61.9. The number of benzene rings is 1. The van der Waals surface area contributed by atoms with Gasteiger partial charge in [-0.25, -0.2) is 8.42 Å². The zero-order chi connectivity index (χ0) is 21.2. The van der Waals surface area contributed by atoms with E-state index in [0.717, 1.165) is 37.8 Å². The van der Waals surface area contributed by atoms with E-state index < -0.39 is 21.6 Å². The Bertz CT molecular complexity index is 818. The quantitative estimate of drug-likeness (QED) is 0.693. The van der Waals surface area contributed by atoms with E-state index in [4.69, 9.17) is 0 Å². The second-order valence-electron chi connectivity index (χ2n) is 8.16. The molecule has 162 valence electrons. The van der Waals surface area contributed by atoms with Gasteiger partial charge in [0.25, 0.3) is 0 Å². The SMILES string of the molecule is CN(CC(=O)N(C1CCCC1)C1CCS(=O)(=O)C1)Cc1ccc(C(F)(F)F)cc1. The largest absolute Gasteiger partial charge is 0.416 e. The summed E-state index contributed by atoms with van der Waals surface area (Å²) in [5.41, 5.74) is -0.0148. The maximum Gasteiger partial charge on any atom is 0.416 e. The molecule has 0 N–H and O–H groups in total. The molecular formula is C20H27F3N2O3S. The van der Waals surface area contributed by atoms with Crippen LogP contribution in [0.15, 0.2) is 24.3 Å². The summed E-state index contributed by atoms with van der Waals surface area (Å²) in [6.07, 6.45) is -0.0303. The molecule has 0 bridgehead atoms. The molecule has 1 aromatic rings. The molecule has 2 aliphatic rings. The smallest absolute Gasteiger partial charge is 0.335 e. The van der Waals surface area contributed by atoms with E-state index in [1.165, 1.54) is 12.1 Å². The molecule has 1 unspecified atom stereocenters. The lowest BCUT2D eigenvalue weighted by Crippen LogP contribution is -2.50. The van der Waals surface area contributed by atoms with Crippen LogP contribution in [0.3, 0.4) is 0 Å². The average Bonchev–Trinajstić information content (AvgIpc) is 3.25. The first kappa shape index (κ1) is 22.1. The van der Waals surface area contributed by atoms with Crippen LogP contribution in [0.1, 0.15) is 43.2 Å². The summed E-state index contributed by atoms with van der Waals surface area (Å²) in [4.78, 5) is 16.6. The molecule has 9 heteroatoms. The molecular weight excluding hydrogens is 405 g/mol. The lowest BCUT2D eigenvalue weighted by Gasteiger charge is -2.35. The van der Waals surface area contributed by atoms with Crippen molar-refractivity contribution in [2.75, 3.05) is 25.1 Å². The fraction of sp³-hybridized carbons (Fsp3) is 0.650. The maximum absolute atomic E-state index is 13.1. The molecule has 1 saturated carbocycles. The first-order valence-corrected chi connectivity index (χ1v) is 11.7. The molecule has 1 aliphatic carbocycles. The van der Waals surface area contributed by atoms with Gasteiger partial charge in [-0.2, -0.15) is 13.2 Å². The van der Waals surface area contributed by atoms with Gasteiger partial charge < -0.3 is 4.90 Å². The van der Waals surface area contributed by atoms with Crippen LogP contribution in [0, 0.1) is 0 Å². The highest BCUT2D eigenvalue weighted by atomic mass is 32.2. The minimum Gasteiger partial charge on any atom is -0.335 e. The second kappa shape index (κ2) is 8.63. The van der Waals surface area contributed by atoms with E-state index in [1.807, 2.05) is 0 Å². The summed E-state index contributed by atoms with van der Waals surface area (Å²) in [7, 11) is -1.35. The highest BCUT2D eigenvalue weighted by Gasteiger charge is 2.39. The summed E-state index contributed by atoms with van der Waals surface area (Å²) in [6, 6.07) is 4.73. The number of likely N-dealkylation sites (N-methyl/N-ethyl adjacent to an activating group) is 1. The summed E-state index contributed by atoms with van der Waals surface area (Å²) in [5.74, 6) is 0.0429. The Hall–Kier alpha value is -1.61. The van der Waals surface area contributed by atoms with Crippen molar-refractivity contribution in [2.45, 2.75) is 56.9 Å². The number of hydrogen-bond donors (Lipinski definition) is 0. The number of carbonyl (C=O) groups excluding carboxylic acids is 1. The number of hydrogen-bond acceptors (Lipinski definition) is 4. The summed E-state index contributed by atoms with van der Waals surface area (Å²) >= 11 is 0. The first-order valence-electron chi connectivity index (χ1n) is 9.91. The Morgan fingerprint density at radius 3 is 2.21 bits per heavy atom. The van der Waals surface area contributed by atoms with Crippen LogP contribution < -0.4 is 0 Å². The molecule has 0 aromatic heterocycles. The summed E-state index contributed by atoms with van der Waals surface area (Å²) in [6.45, 7) is 0.444. The third-order valence-electron chi connectivity index (χ3n) is 5.75. The summed E-state index contributed by atoms with van der Waals surface area (Å²) in [5, 5.41) is 0. The number of carbonyl (C=O) groups is 1. The van der Waals surface area contributed by atoms with Crippen LogP contribution in [0.2, 0.25) is 0 Å². The highest BCUT2D eigenvalue weighted by molar-refractivity contribution is 7.91. The third kappa shape index (κ3) is 5.72. The fourth-order valence-electron chi connectivity index (χ4n) is 4.36. The molecule has 2 fully saturated rings. The van der Waals surface area contributed by atoms with Crippen molar-refractivity contribution in [2.24, 2.45) is 0 Å². The van der Waals surface area contributed by atoms with Crippen LogP contribution >= 0.6 is 0 Å². The monoisotopic (exact) mass is 432 g/mol. The van der Waals surface area contributed by atoms with Crippen molar-refractivity contribution in [1.29, 1.82) is 0 Å². The predicted octanol–water partition coefficient (Wildman–Crippen LogP) is 3.10. The Kier molecular flexibility index (Phi) is 6.57. The zero-order valence-corrected chi connectivity index (χ0v) is 17.3. The van der Waals surface area contributed by atoms with Gasteiger partial charge in [-0.1, -0.05) is 25.0 Å². The van der Waals surface area contributed by atoms with Gasteiger partial charge >= 0.3 is 6.18 Å². The third-order valence-corrected chi connectivity index (χ3v) is 7.50. The van der Waals surface area contributed by atoms with Crippen molar-refractivity contribution in [3.05, 3.63) is 35.4 Å². The molecule has 0 radical (unpaired) electrons. The van der Waals surface area contributed by atoms with Crippen LogP contribution in [-0.4, -0.2) is 61.3 Å². The van der Waals surface area contributed by atoms with E-state index in [-0.39, 0.29) is 36.0 Å². The Balaban J connectivity index is 1.64. The van der Waals surface area contributed by atoms with E-state index in [9.17, 15) is 26.4 Å². The van der Waals surface area contributed by atoms with Crippen LogP contribution in [0.25, 0.3) is 0 Å². The molecule has 5 nitrogen and oxygen atoms in total. The van der Waals surface area contributed by atoms with Crippen molar-refractivity contribution >= 4 is 15.7 Å². The minimum atomic E-state index is -4.37. The van der Waals surface area contributed by atoms with E-state index in [1.54, 1.807) is 16.8 Å². The van der Waals surface area contributed by atoms with Gasteiger partial charge in [0.15, 0.2) is 9.84 Å². The minimum absolute atomic E-state index is 0.0257. The maximum atomic E-state index is 13.1. The predicted molar refractivity (Wildman–Crippen MR) is 104 cm³/mol. The molecule has 1 amide bonds. The topological polar surface area (TPSA) is 57.7 Å². The fourth-order valence-corrected chi connectivity index (χ4v) is 6.07. The van der Waals surface area contributed by atoms with Gasteiger partial charge in [-0.05, 0) is 44.0 Å². The lowest BCUT2D eigenvalue weighted by molar-refractivity contribution is -0.138. The standard InChI is InChI=1S/C20H27F3N2O3S/c1-24(12-15-6-8-16(9-7-15)20(21,22)23)13-19(26)25(17-4-2-3-5-17)18-10-11-29(27,28)14-18/h6-9,17-18H,2-5,10-14H2,1H3. The Morgan fingerprint density at radius 1 is 1.07 bits per heavy atom. The molecule has 1 aliphatic heterocycles. The number of alkyl halides is 3. The molecule has 1 saturated heterocycles. The average molecular weight is 433 g/mol. The zero-order valence-electron chi connectivity index (χ0n) is 16.5. The number of rotatable bonds is 6. The number of sulfone groups is 1. The van der Waals surface area contributed by atoms with Crippen molar-refractivity contribution in [3.63, 3.8) is 0 Å². The van der Waals surface area contributed by atoms with E-state index >= 15 is 0 Å². The van der Waals surface area contributed by atoms with Crippen molar-refractivity contribution < 1.29 is 26.4 Å². The molecule has 29 heavy (non-hydrogen) atoms. The Labute approximate surface area is 169 Å². The van der Waals surface area contributed by atoms with Crippen LogP contribution in [-0.2, 0) is 27.4 Å². The lowest BCUT2D eigenvalue weighted by atomic mass is 10.1.